The lowest BCUT2D eigenvalue weighted by Crippen LogP contribution is -2.16. The van der Waals surface area contributed by atoms with Gasteiger partial charge in [-0.25, -0.2) is 4.98 Å². The number of thiazole rings is 1. The van der Waals surface area contributed by atoms with Gasteiger partial charge >= 0.3 is 0 Å². The summed E-state index contributed by atoms with van der Waals surface area (Å²) in [6.45, 7) is 3.23. The summed E-state index contributed by atoms with van der Waals surface area (Å²) in [5.41, 5.74) is 1.22. The Hall–Kier alpha value is -1.59. The fourth-order valence-electron chi connectivity index (χ4n) is 2.12. The number of nitrogens with zero attached hydrogens (tertiary/aromatic N) is 1. The number of rotatable bonds is 5. The fourth-order valence-corrected chi connectivity index (χ4v) is 2.74. The Morgan fingerprint density at radius 1 is 1.20 bits per heavy atom. The molecule has 0 radical (unpaired) electrons. The number of fused-ring (bicyclic) bond motifs is 1. The molecule has 2 aromatic rings. The molecule has 20 heavy (non-hydrogen) atoms. The topological polar surface area (TPSA) is 43.4 Å². The van der Waals surface area contributed by atoms with Crippen molar-refractivity contribution in [1.82, 2.24) is 10.3 Å². The second-order valence-corrected chi connectivity index (χ2v) is 5.66. The Labute approximate surface area is 122 Å². The van der Waals surface area contributed by atoms with Gasteiger partial charge in [0.2, 0.25) is 0 Å². The molecule has 0 saturated carbocycles. The van der Waals surface area contributed by atoms with Gasteiger partial charge in [-0.2, -0.15) is 0 Å². The first-order valence-corrected chi connectivity index (χ1v) is 7.77. The summed E-state index contributed by atoms with van der Waals surface area (Å²) in [6.07, 6.45) is 3.77. The third-order valence-corrected chi connectivity index (χ3v) is 3.98. The summed E-state index contributed by atoms with van der Waals surface area (Å²) in [4.78, 5) is 4.27. The normalized spacial score (nSPS) is 14.0. The zero-order valence-corrected chi connectivity index (χ0v) is 12.1. The second-order valence-electron chi connectivity index (χ2n) is 4.68. The number of hydrogen-bond donors (Lipinski definition) is 1. The standard InChI is InChI=1S/C15H18N2O2S/c1-7-18-13-3-2-12(10-14(13)19-8-1)11-16-5-4-15-17-6-9-20-15/h2-3,6,9-10,16H,1,4-5,7-8,11H2. The molecule has 1 aliphatic rings. The third kappa shape index (κ3) is 3.49. The molecule has 0 atom stereocenters. The van der Waals surface area contributed by atoms with Crippen LogP contribution in [0.2, 0.25) is 0 Å². The van der Waals surface area contributed by atoms with Crippen molar-refractivity contribution in [2.45, 2.75) is 19.4 Å². The molecule has 5 heteroatoms. The van der Waals surface area contributed by atoms with E-state index in [9.17, 15) is 0 Å². The van der Waals surface area contributed by atoms with Gasteiger partial charge in [0.1, 0.15) is 0 Å². The van der Waals surface area contributed by atoms with Crippen molar-refractivity contribution < 1.29 is 9.47 Å². The Kier molecular flexibility index (Phi) is 4.50. The third-order valence-electron chi connectivity index (χ3n) is 3.14. The van der Waals surface area contributed by atoms with Crippen LogP contribution in [-0.4, -0.2) is 24.7 Å². The van der Waals surface area contributed by atoms with Gasteiger partial charge in [-0.3, -0.25) is 0 Å². The molecule has 0 bridgehead atoms. The fraction of sp³-hybridized carbons (Fsp3) is 0.400. The number of ether oxygens (including phenoxy) is 2. The van der Waals surface area contributed by atoms with Crippen LogP contribution in [-0.2, 0) is 13.0 Å². The van der Waals surface area contributed by atoms with E-state index >= 15 is 0 Å². The molecule has 4 nitrogen and oxygen atoms in total. The Balaban J connectivity index is 1.51. The van der Waals surface area contributed by atoms with Crippen molar-refractivity contribution in [3.63, 3.8) is 0 Å². The molecular formula is C15H18N2O2S. The Bertz CT molecular complexity index is 543. The highest BCUT2D eigenvalue weighted by atomic mass is 32.1. The zero-order valence-electron chi connectivity index (χ0n) is 11.3. The van der Waals surface area contributed by atoms with Crippen molar-refractivity contribution in [3.8, 4) is 11.5 Å². The van der Waals surface area contributed by atoms with Gasteiger partial charge < -0.3 is 14.8 Å². The summed E-state index contributed by atoms with van der Waals surface area (Å²) in [6, 6.07) is 6.15. The van der Waals surface area contributed by atoms with Crippen LogP contribution in [0.4, 0.5) is 0 Å². The monoisotopic (exact) mass is 290 g/mol. The van der Waals surface area contributed by atoms with E-state index in [0.717, 1.165) is 50.6 Å². The molecule has 0 fully saturated rings. The van der Waals surface area contributed by atoms with E-state index in [1.807, 2.05) is 17.6 Å². The number of hydrogen-bond acceptors (Lipinski definition) is 5. The van der Waals surface area contributed by atoms with Crippen molar-refractivity contribution in [2.75, 3.05) is 19.8 Å². The average molecular weight is 290 g/mol. The van der Waals surface area contributed by atoms with Crippen LogP contribution in [0, 0.1) is 0 Å². The zero-order chi connectivity index (χ0) is 13.6. The van der Waals surface area contributed by atoms with Crippen molar-refractivity contribution in [2.24, 2.45) is 0 Å². The summed E-state index contributed by atoms with van der Waals surface area (Å²) in [7, 11) is 0. The predicted octanol–water partition coefficient (Wildman–Crippen LogP) is 2.64. The minimum absolute atomic E-state index is 0.730. The molecule has 2 heterocycles. The van der Waals surface area contributed by atoms with Crippen LogP contribution < -0.4 is 14.8 Å². The quantitative estimate of drug-likeness (QED) is 0.860. The highest BCUT2D eigenvalue weighted by Gasteiger charge is 2.10. The van der Waals surface area contributed by atoms with E-state index in [-0.39, 0.29) is 0 Å². The first-order valence-electron chi connectivity index (χ1n) is 6.89. The van der Waals surface area contributed by atoms with Crippen LogP contribution in [0.1, 0.15) is 17.0 Å². The number of nitrogens with one attached hydrogen (secondary N) is 1. The average Bonchev–Trinajstić information content (AvgIpc) is 2.87. The smallest absolute Gasteiger partial charge is 0.161 e. The van der Waals surface area contributed by atoms with E-state index in [2.05, 4.69) is 22.4 Å². The van der Waals surface area contributed by atoms with E-state index in [0.29, 0.717) is 0 Å². The molecule has 1 N–H and O–H groups in total. The van der Waals surface area contributed by atoms with Gasteiger partial charge in [-0.15, -0.1) is 11.3 Å². The SMILES string of the molecule is c1csc(CCNCc2ccc3c(c2)OCCCO3)n1. The van der Waals surface area contributed by atoms with E-state index in [1.54, 1.807) is 11.3 Å². The maximum absolute atomic E-state index is 5.69. The van der Waals surface area contributed by atoms with Crippen molar-refractivity contribution in [1.29, 1.82) is 0 Å². The number of benzene rings is 1. The molecule has 0 spiro atoms. The van der Waals surface area contributed by atoms with Gasteiger partial charge in [-0.1, -0.05) is 6.07 Å². The summed E-state index contributed by atoms with van der Waals surface area (Å²) in [5.74, 6) is 1.72. The molecule has 1 aromatic carbocycles. The molecule has 3 rings (SSSR count). The van der Waals surface area contributed by atoms with Crippen molar-refractivity contribution >= 4 is 11.3 Å². The highest BCUT2D eigenvalue weighted by molar-refractivity contribution is 7.09. The molecule has 1 aromatic heterocycles. The maximum atomic E-state index is 5.69. The predicted molar refractivity (Wildman–Crippen MR) is 79.6 cm³/mol. The van der Waals surface area contributed by atoms with E-state index in [4.69, 9.17) is 9.47 Å². The first kappa shape index (κ1) is 13.4. The Morgan fingerprint density at radius 3 is 2.95 bits per heavy atom. The summed E-state index contributed by atoms with van der Waals surface area (Å²) < 4.78 is 11.3. The lowest BCUT2D eigenvalue weighted by Gasteiger charge is -2.10. The molecule has 0 saturated heterocycles. The van der Waals surface area contributed by atoms with Crippen LogP contribution >= 0.6 is 11.3 Å². The van der Waals surface area contributed by atoms with E-state index < -0.39 is 0 Å². The van der Waals surface area contributed by atoms with Gasteiger partial charge in [0, 0.05) is 37.5 Å². The minimum Gasteiger partial charge on any atom is -0.490 e. The highest BCUT2D eigenvalue weighted by Crippen LogP contribution is 2.30. The van der Waals surface area contributed by atoms with Crippen LogP contribution in [0.3, 0.4) is 0 Å². The van der Waals surface area contributed by atoms with Gasteiger partial charge in [0.05, 0.1) is 18.2 Å². The van der Waals surface area contributed by atoms with Gasteiger partial charge in [0.25, 0.3) is 0 Å². The molecule has 1 aliphatic heterocycles. The van der Waals surface area contributed by atoms with Crippen LogP contribution in [0.25, 0.3) is 0 Å². The molecule has 0 aliphatic carbocycles. The van der Waals surface area contributed by atoms with Crippen LogP contribution in [0.5, 0.6) is 11.5 Å². The second kappa shape index (κ2) is 6.72. The van der Waals surface area contributed by atoms with Crippen molar-refractivity contribution in [3.05, 3.63) is 40.3 Å². The summed E-state index contributed by atoms with van der Waals surface area (Å²) in [5, 5.41) is 6.62. The molecule has 0 unspecified atom stereocenters. The van der Waals surface area contributed by atoms with E-state index in [1.165, 1.54) is 10.6 Å². The number of aromatic nitrogens is 1. The largest absolute Gasteiger partial charge is 0.490 e. The molecule has 106 valence electrons. The molecule has 0 amide bonds. The van der Waals surface area contributed by atoms with Gasteiger partial charge in [0.15, 0.2) is 11.5 Å². The minimum atomic E-state index is 0.730. The first-order chi connectivity index (χ1) is 9.92. The summed E-state index contributed by atoms with van der Waals surface area (Å²) >= 11 is 1.70. The molecular weight excluding hydrogens is 272 g/mol. The van der Waals surface area contributed by atoms with Gasteiger partial charge in [-0.05, 0) is 17.7 Å². The van der Waals surface area contributed by atoms with Crippen LogP contribution in [0.15, 0.2) is 29.8 Å². The lowest BCUT2D eigenvalue weighted by atomic mass is 10.2. The Morgan fingerprint density at radius 2 is 2.10 bits per heavy atom. The lowest BCUT2D eigenvalue weighted by molar-refractivity contribution is 0.297. The maximum Gasteiger partial charge on any atom is 0.161 e.